The van der Waals surface area contributed by atoms with E-state index in [2.05, 4.69) is 15.2 Å². The molecule has 0 unspecified atom stereocenters. The lowest BCUT2D eigenvalue weighted by atomic mass is 10.3. The van der Waals surface area contributed by atoms with Crippen LogP contribution < -0.4 is 0 Å². The molecular formula is C11H10N4O3S2. The molecule has 9 heteroatoms. The number of aromatic nitrogens is 4. The van der Waals surface area contributed by atoms with Crippen LogP contribution in [0.25, 0.3) is 22.1 Å². The Morgan fingerprint density at radius 1 is 1.35 bits per heavy atom. The lowest BCUT2D eigenvalue weighted by Crippen LogP contribution is -2.12. The van der Waals surface area contributed by atoms with Crippen molar-refractivity contribution in [1.29, 1.82) is 0 Å². The van der Waals surface area contributed by atoms with Gasteiger partial charge in [0, 0.05) is 11.4 Å². The number of hydrogen-bond acceptors (Lipinski definition) is 7. The third kappa shape index (κ3) is 2.25. The quantitative estimate of drug-likeness (QED) is 0.732. The highest BCUT2D eigenvalue weighted by Gasteiger charge is 2.17. The van der Waals surface area contributed by atoms with Crippen molar-refractivity contribution in [2.75, 3.05) is 6.26 Å². The van der Waals surface area contributed by atoms with Gasteiger partial charge in [-0.1, -0.05) is 5.16 Å². The summed E-state index contributed by atoms with van der Waals surface area (Å²) in [6.45, 7) is 1.80. The van der Waals surface area contributed by atoms with Gasteiger partial charge < -0.3 is 4.52 Å². The number of aryl methyl sites for hydroxylation is 1. The highest BCUT2D eigenvalue weighted by molar-refractivity contribution is 7.89. The predicted octanol–water partition coefficient (Wildman–Crippen LogP) is 1.78. The van der Waals surface area contributed by atoms with E-state index in [-0.39, 0.29) is 0 Å². The second-order valence-corrected chi connectivity index (χ2v) is 6.85. The van der Waals surface area contributed by atoms with Crippen LogP contribution in [0, 0.1) is 6.92 Å². The SMILES string of the molecule is Cc1cc(-c2nc(-c3ccnn3S(C)(=O)=O)cs2)no1. The first-order valence-electron chi connectivity index (χ1n) is 5.59. The van der Waals surface area contributed by atoms with Crippen LogP contribution >= 0.6 is 11.3 Å². The van der Waals surface area contributed by atoms with Crippen LogP contribution in [0.15, 0.2) is 28.2 Å². The van der Waals surface area contributed by atoms with Gasteiger partial charge in [0.15, 0.2) is 0 Å². The lowest BCUT2D eigenvalue weighted by molar-refractivity contribution is 0.399. The van der Waals surface area contributed by atoms with Crippen molar-refractivity contribution in [2.45, 2.75) is 6.92 Å². The minimum atomic E-state index is -3.45. The largest absolute Gasteiger partial charge is 0.361 e. The van der Waals surface area contributed by atoms with Crippen molar-refractivity contribution in [3.63, 3.8) is 0 Å². The van der Waals surface area contributed by atoms with Crippen molar-refractivity contribution < 1.29 is 12.9 Å². The maximum atomic E-state index is 11.6. The van der Waals surface area contributed by atoms with E-state index in [4.69, 9.17) is 4.52 Å². The molecule has 0 aliphatic rings. The molecule has 0 atom stereocenters. The molecule has 0 aromatic carbocycles. The van der Waals surface area contributed by atoms with Gasteiger partial charge in [0.25, 0.3) is 10.0 Å². The summed E-state index contributed by atoms with van der Waals surface area (Å²) >= 11 is 1.36. The Labute approximate surface area is 118 Å². The third-order valence-corrected chi connectivity index (χ3v) is 4.32. The first kappa shape index (κ1) is 13.0. The highest BCUT2D eigenvalue weighted by Crippen LogP contribution is 2.28. The van der Waals surface area contributed by atoms with Crippen LogP contribution in [0.5, 0.6) is 0 Å². The first-order chi connectivity index (χ1) is 9.45. The van der Waals surface area contributed by atoms with Gasteiger partial charge in [0.05, 0.1) is 12.5 Å². The van der Waals surface area contributed by atoms with E-state index in [1.165, 1.54) is 17.5 Å². The summed E-state index contributed by atoms with van der Waals surface area (Å²) < 4.78 is 29.2. The van der Waals surface area contributed by atoms with Crippen LogP contribution in [0.1, 0.15) is 5.76 Å². The third-order valence-electron chi connectivity index (χ3n) is 2.54. The molecule has 3 rings (SSSR count). The molecule has 0 saturated carbocycles. The fraction of sp³-hybridized carbons (Fsp3) is 0.182. The summed E-state index contributed by atoms with van der Waals surface area (Å²) in [5.41, 5.74) is 1.59. The number of nitrogens with zero attached hydrogens (tertiary/aromatic N) is 4. The van der Waals surface area contributed by atoms with Gasteiger partial charge in [-0.2, -0.15) is 9.19 Å². The Balaban J connectivity index is 2.05. The standard InChI is InChI=1S/C11H10N4O3S2/c1-7-5-8(14-18-7)11-13-9(6-19-11)10-3-4-12-15(10)20(2,16)17/h3-6H,1-2H3. The Morgan fingerprint density at radius 2 is 2.15 bits per heavy atom. The monoisotopic (exact) mass is 310 g/mol. The molecule has 3 heterocycles. The number of thiazole rings is 1. The Morgan fingerprint density at radius 3 is 2.80 bits per heavy atom. The average Bonchev–Trinajstić information content (AvgIpc) is 3.06. The molecule has 20 heavy (non-hydrogen) atoms. The Bertz CT molecular complexity index is 860. The molecule has 104 valence electrons. The molecule has 7 nitrogen and oxygen atoms in total. The Hall–Kier alpha value is -2.00. The molecule has 3 aromatic heterocycles. The van der Waals surface area contributed by atoms with E-state index >= 15 is 0 Å². The maximum Gasteiger partial charge on any atom is 0.251 e. The molecule has 0 fully saturated rings. The second-order valence-electron chi connectivity index (χ2n) is 4.18. The zero-order valence-corrected chi connectivity index (χ0v) is 12.3. The van der Waals surface area contributed by atoms with Crippen molar-refractivity contribution in [1.82, 2.24) is 19.3 Å². The lowest BCUT2D eigenvalue weighted by Gasteiger charge is -2.01. The van der Waals surface area contributed by atoms with Gasteiger partial charge in [0.1, 0.15) is 27.8 Å². The molecule has 0 spiro atoms. The zero-order valence-electron chi connectivity index (χ0n) is 10.6. The minimum absolute atomic E-state index is 0.426. The molecular weight excluding hydrogens is 300 g/mol. The van der Waals surface area contributed by atoms with Crippen molar-refractivity contribution in [3.05, 3.63) is 29.5 Å². The van der Waals surface area contributed by atoms with Gasteiger partial charge in [-0.3, -0.25) is 0 Å². The molecule has 0 radical (unpaired) electrons. The Kier molecular flexibility index (Phi) is 2.94. The van der Waals surface area contributed by atoms with E-state index in [1.807, 2.05) is 0 Å². The van der Waals surface area contributed by atoms with Crippen LogP contribution in [-0.2, 0) is 10.0 Å². The topological polar surface area (TPSA) is 90.9 Å². The summed E-state index contributed by atoms with van der Waals surface area (Å²) in [6.07, 6.45) is 2.52. The molecule has 3 aromatic rings. The average molecular weight is 310 g/mol. The van der Waals surface area contributed by atoms with E-state index < -0.39 is 10.0 Å². The highest BCUT2D eigenvalue weighted by atomic mass is 32.2. The normalized spacial score (nSPS) is 11.9. The van der Waals surface area contributed by atoms with E-state index in [0.29, 0.717) is 27.8 Å². The van der Waals surface area contributed by atoms with Gasteiger partial charge in [-0.15, -0.1) is 11.3 Å². The van der Waals surface area contributed by atoms with Crippen LogP contribution in [0.2, 0.25) is 0 Å². The smallest absolute Gasteiger partial charge is 0.251 e. The first-order valence-corrected chi connectivity index (χ1v) is 8.32. The van der Waals surface area contributed by atoms with Crippen molar-refractivity contribution in [3.8, 4) is 22.1 Å². The van der Waals surface area contributed by atoms with Crippen LogP contribution in [0.4, 0.5) is 0 Å². The van der Waals surface area contributed by atoms with E-state index in [9.17, 15) is 8.42 Å². The van der Waals surface area contributed by atoms with Gasteiger partial charge >= 0.3 is 0 Å². The fourth-order valence-corrected chi connectivity index (χ4v) is 3.22. The molecule has 0 aliphatic heterocycles. The second kappa shape index (κ2) is 4.53. The minimum Gasteiger partial charge on any atom is -0.361 e. The van der Waals surface area contributed by atoms with Crippen LogP contribution in [-0.4, -0.2) is 34.0 Å². The zero-order chi connectivity index (χ0) is 14.3. The van der Waals surface area contributed by atoms with Crippen LogP contribution in [0.3, 0.4) is 0 Å². The molecule has 0 N–H and O–H groups in total. The van der Waals surface area contributed by atoms with Crippen molar-refractivity contribution in [2.24, 2.45) is 0 Å². The van der Waals surface area contributed by atoms with E-state index in [1.54, 1.807) is 24.4 Å². The van der Waals surface area contributed by atoms with Gasteiger partial charge in [0.2, 0.25) is 0 Å². The predicted molar refractivity (Wildman–Crippen MR) is 73.8 cm³/mol. The van der Waals surface area contributed by atoms with Crippen molar-refractivity contribution >= 4 is 21.4 Å². The summed E-state index contributed by atoms with van der Waals surface area (Å²) in [6, 6.07) is 3.38. The maximum absolute atomic E-state index is 11.6. The summed E-state index contributed by atoms with van der Waals surface area (Å²) in [4.78, 5) is 4.38. The van der Waals surface area contributed by atoms with Gasteiger partial charge in [-0.05, 0) is 13.0 Å². The molecule has 0 aliphatic carbocycles. The fourth-order valence-electron chi connectivity index (χ4n) is 1.71. The number of rotatable bonds is 3. The van der Waals surface area contributed by atoms with E-state index in [0.717, 1.165) is 10.3 Å². The summed E-state index contributed by atoms with van der Waals surface area (Å²) in [5, 5.41) is 10.1. The van der Waals surface area contributed by atoms with Gasteiger partial charge in [-0.25, -0.2) is 13.4 Å². The molecule has 0 saturated heterocycles. The molecule has 0 amide bonds. The number of hydrogen-bond donors (Lipinski definition) is 0. The molecule has 0 bridgehead atoms. The summed E-state index contributed by atoms with van der Waals surface area (Å²) in [5.74, 6) is 0.693. The summed E-state index contributed by atoms with van der Waals surface area (Å²) in [7, 11) is -3.45.